The maximum absolute atomic E-state index is 14.8. The first-order valence-corrected chi connectivity index (χ1v) is 32.8. The number of benzene rings is 5. The van der Waals surface area contributed by atoms with Crippen molar-refractivity contribution >= 4 is 70.3 Å². The van der Waals surface area contributed by atoms with Crippen molar-refractivity contribution in [3.63, 3.8) is 0 Å². The topological polar surface area (TPSA) is 385 Å². The lowest BCUT2D eigenvalue weighted by Crippen LogP contribution is -2.63. The van der Waals surface area contributed by atoms with E-state index in [1.165, 1.54) is 17.4 Å². The van der Waals surface area contributed by atoms with E-state index in [2.05, 4.69) is 54.9 Å². The van der Waals surface area contributed by atoms with Gasteiger partial charge in [0, 0.05) is 61.6 Å². The summed E-state index contributed by atoms with van der Waals surface area (Å²) in [4.78, 5) is 116. The van der Waals surface area contributed by atoms with Crippen LogP contribution < -0.4 is 68.0 Å². The molecule has 2 fully saturated rings. The molecule has 0 aromatic heterocycles. The van der Waals surface area contributed by atoms with Crippen LogP contribution in [0, 0.1) is 17.2 Å². The summed E-state index contributed by atoms with van der Waals surface area (Å²) >= 11 is 0. The highest BCUT2D eigenvalue weighted by molar-refractivity contribution is 6.00. The summed E-state index contributed by atoms with van der Waals surface area (Å²) in [5, 5.41) is 25.9. The van der Waals surface area contributed by atoms with Crippen molar-refractivity contribution in [2.75, 3.05) is 66.6 Å². The van der Waals surface area contributed by atoms with Crippen LogP contribution in [-0.2, 0) is 51.9 Å². The second-order valence-electron chi connectivity index (χ2n) is 25.0. The molecule has 1 spiro atoms. The van der Waals surface area contributed by atoms with Crippen LogP contribution in [0.25, 0.3) is 10.8 Å². The van der Waals surface area contributed by atoms with Crippen LogP contribution in [0.4, 0.5) is 9.59 Å². The van der Waals surface area contributed by atoms with Gasteiger partial charge in [-0.1, -0.05) is 54.6 Å². The SMILES string of the molecule is COc1ccc2c3c1O[C@H]1C(OC(=O)N4CCC(C(=O)NCCCC[C@H](NC(=O)OCc5ccccc5)C(=O)NCCOc5ccc(C(=O)Oc6ccc7cc(C(=N)N)ccc7c6)cc5)CC4CNC(=O)[C@H](CCCN=C(N)N)NC(=O)CNC(C)=O)=CC[C@H]4[C@@H](C2)N(C)CC[C@]314. The molecule has 514 valence electrons. The Bertz CT molecular complexity index is 3810. The maximum Gasteiger partial charge on any atom is 0.415 e. The quantitative estimate of drug-likeness (QED) is 0.0105. The Morgan fingerprint density at radius 1 is 0.784 bits per heavy atom. The van der Waals surface area contributed by atoms with Crippen LogP contribution in [0.2, 0.25) is 0 Å². The summed E-state index contributed by atoms with van der Waals surface area (Å²) in [5.41, 5.74) is 20.2. The lowest BCUT2D eigenvalue weighted by Gasteiger charge is -2.56. The van der Waals surface area contributed by atoms with Gasteiger partial charge in [-0.3, -0.25) is 34.4 Å². The fourth-order valence-corrected chi connectivity index (χ4v) is 13.8. The Labute approximate surface area is 561 Å². The van der Waals surface area contributed by atoms with E-state index in [0.717, 1.165) is 41.3 Å². The van der Waals surface area contributed by atoms with Gasteiger partial charge in [0.15, 0.2) is 23.6 Å². The monoisotopic (exact) mass is 1330 g/mol. The third-order valence-corrected chi connectivity index (χ3v) is 18.7. The molecule has 2 saturated heterocycles. The third kappa shape index (κ3) is 17.0. The van der Waals surface area contributed by atoms with Crippen molar-refractivity contribution in [3.05, 3.63) is 143 Å². The highest BCUT2D eigenvalue weighted by Crippen LogP contribution is 2.64. The van der Waals surface area contributed by atoms with Crippen molar-refractivity contribution in [3.8, 4) is 23.0 Å². The molecule has 27 nitrogen and oxygen atoms in total. The Balaban J connectivity index is 0.754. The first-order valence-electron chi connectivity index (χ1n) is 32.8. The van der Waals surface area contributed by atoms with Crippen molar-refractivity contribution in [1.82, 2.24) is 41.7 Å². The van der Waals surface area contributed by atoms with Crippen LogP contribution in [0.15, 0.2) is 120 Å². The van der Waals surface area contributed by atoms with Gasteiger partial charge in [0.05, 0.1) is 31.8 Å². The van der Waals surface area contributed by atoms with E-state index in [-0.39, 0.29) is 113 Å². The number of rotatable bonds is 29. The lowest BCUT2D eigenvalue weighted by molar-refractivity contribution is -0.130. The predicted molar refractivity (Wildman–Crippen MR) is 359 cm³/mol. The minimum atomic E-state index is -1.09. The molecule has 7 amide bonds. The number of carbonyl (C=O) groups is 8. The molecule has 2 bridgehead atoms. The number of amidine groups is 1. The van der Waals surface area contributed by atoms with Gasteiger partial charge in [-0.25, -0.2) is 14.4 Å². The molecule has 3 heterocycles. The van der Waals surface area contributed by atoms with E-state index in [9.17, 15) is 38.4 Å². The number of amides is 7. The smallest absolute Gasteiger partial charge is 0.415 e. The van der Waals surface area contributed by atoms with Crippen LogP contribution in [0.3, 0.4) is 0 Å². The molecule has 97 heavy (non-hydrogen) atoms. The number of alkyl carbamates (subject to hydrolysis) is 1. The van der Waals surface area contributed by atoms with Crippen molar-refractivity contribution < 1.29 is 66.8 Å². The van der Waals surface area contributed by atoms with E-state index >= 15 is 0 Å². The number of likely N-dealkylation sites (tertiary alicyclic amines) is 2. The number of nitrogens with zero attached hydrogens (tertiary/aromatic N) is 3. The van der Waals surface area contributed by atoms with Gasteiger partial charge in [0.2, 0.25) is 29.5 Å². The molecule has 5 aromatic carbocycles. The molecule has 10 rings (SSSR count). The Morgan fingerprint density at radius 2 is 1.52 bits per heavy atom. The van der Waals surface area contributed by atoms with Crippen molar-refractivity contribution in [2.45, 2.75) is 113 Å². The summed E-state index contributed by atoms with van der Waals surface area (Å²) in [5.74, 6) is -1.16. The summed E-state index contributed by atoms with van der Waals surface area (Å²) in [6.07, 6.45) is 3.93. The lowest BCUT2D eigenvalue weighted by atomic mass is 9.53. The van der Waals surface area contributed by atoms with Crippen molar-refractivity contribution in [2.24, 2.45) is 34.0 Å². The maximum atomic E-state index is 14.8. The van der Waals surface area contributed by atoms with Gasteiger partial charge in [-0.2, -0.15) is 0 Å². The van der Waals surface area contributed by atoms with Gasteiger partial charge >= 0.3 is 18.2 Å². The molecule has 8 atom stereocenters. The molecule has 13 N–H and O–H groups in total. The first-order chi connectivity index (χ1) is 46.8. The zero-order valence-electron chi connectivity index (χ0n) is 54.7. The Morgan fingerprint density at radius 3 is 2.28 bits per heavy atom. The van der Waals surface area contributed by atoms with Crippen LogP contribution in [0.5, 0.6) is 23.0 Å². The summed E-state index contributed by atoms with van der Waals surface area (Å²) in [6, 6.07) is 27.3. The third-order valence-electron chi connectivity index (χ3n) is 18.7. The van der Waals surface area contributed by atoms with Crippen LogP contribution in [0.1, 0.15) is 97.3 Å². The second-order valence-corrected chi connectivity index (χ2v) is 25.0. The Kier molecular flexibility index (Phi) is 22.8. The number of nitrogens with one attached hydrogen (secondary N) is 7. The van der Waals surface area contributed by atoms with Crippen LogP contribution in [-0.4, -0.2) is 166 Å². The molecular weight excluding hydrogens is 1250 g/mol. The van der Waals surface area contributed by atoms with E-state index in [0.29, 0.717) is 60.0 Å². The zero-order chi connectivity index (χ0) is 68.8. The number of nitrogen functional groups attached to an aromatic ring is 1. The average molecular weight is 1330 g/mol. The van der Waals surface area contributed by atoms with E-state index in [1.54, 1.807) is 79.9 Å². The van der Waals surface area contributed by atoms with Crippen LogP contribution >= 0.6 is 0 Å². The average Bonchev–Trinajstić information content (AvgIpc) is 1.55. The number of allylic oxidation sites excluding steroid dienone is 1. The molecule has 3 aliphatic heterocycles. The number of guanidine groups is 1. The predicted octanol–water partition coefficient (Wildman–Crippen LogP) is 4.30. The number of likely N-dealkylation sites (N-methyl/N-ethyl adjacent to an activating group) is 1. The minimum absolute atomic E-state index is 0.0291. The molecule has 5 aliphatic rings. The van der Waals surface area contributed by atoms with Crippen molar-refractivity contribution in [1.29, 1.82) is 5.41 Å². The fourth-order valence-electron chi connectivity index (χ4n) is 13.8. The number of nitrogens with two attached hydrogens (primary N) is 3. The number of aliphatic imine (C=N–C) groups is 1. The molecular formula is C70H85N13O14. The highest BCUT2D eigenvalue weighted by Gasteiger charge is 2.65. The Hall–Kier alpha value is -10.4. The van der Waals surface area contributed by atoms with Gasteiger partial charge in [-0.15, -0.1) is 0 Å². The molecule has 27 heteroatoms. The molecule has 0 saturated carbocycles. The van der Waals surface area contributed by atoms with Gasteiger partial charge in [0.1, 0.15) is 48.4 Å². The van der Waals surface area contributed by atoms with E-state index < -0.39 is 77.3 Å². The standard InChI is InChI=1S/C70H85N13O14/c1-41(84)78-39-58(85)80-53(13-9-29-77-67(73)74)65(88)79-38-49-35-48(26-31-83(49)69(91)96-57-25-23-52-55-37-46-19-24-56(92-3)60-59(46)70(52,61(57)97-60)27-32-82(55)2)63(86)75-28-8-7-12-54(81-68(90)94-40-42-10-5-4-6-11-42)64(87)76-30-33-93-50-20-16-43(17-21-50)66(89)95-51-22-18-44-34-47(62(71)72)15-14-45(44)36-51/h4-6,10-11,14-22,24-25,34,36,48-49,52-55,61H,7-9,12-13,23,26-33,35,37-40H2,1-3H3,(H3,71,72)(H,75,86)(H,76,87)(H,78,84)(H,79,88)(H,80,85)(H,81,90)(H4,73,74,77)/t48?,49?,52-,53-,54-,55+,61-,70-/m0/s1. The number of ether oxygens (including phenoxy) is 6. The summed E-state index contributed by atoms with van der Waals surface area (Å²) in [7, 11) is 3.76. The largest absolute Gasteiger partial charge is 0.493 e. The zero-order valence-corrected chi connectivity index (χ0v) is 54.7. The summed E-state index contributed by atoms with van der Waals surface area (Å²) < 4.78 is 36.1. The van der Waals surface area contributed by atoms with Gasteiger partial charge < -0.3 is 87.3 Å². The number of piperidine rings is 2. The first kappa shape index (κ1) is 69.4. The van der Waals surface area contributed by atoms with E-state index in [1.807, 2.05) is 30.3 Å². The minimum Gasteiger partial charge on any atom is -0.493 e. The molecule has 2 aliphatic carbocycles. The number of esters is 1. The fraction of sp³-hybridized carbons (Fsp3) is 0.429. The van der Waals surface area contributed by atoms with Gasteiger partial charge in [0.25, 0.3) is 0 Å². The molecule has 2 unspecified atom stereocenters. The van der Waals surface area contributed by atoms with Gasteiger partial charge in [-0.05, 0) is 160 Å². The number of unbranched alkanes of at least 4 members (excludes halogenated alkanes) is 1. The molecule has 5 aromatic rings. The number of hydrogen-bond donors (Lipinski definition) is 10. The normalized spacial score (nSPS) is 20.1. The number of methoxy groups -OCH3 is 1. The van der Waals surface area contributed by atoms with E-state index in [4.69, 9.17) is 51.0 Å². The molecule has 0 radical (unpaired) electrons. The number of carbonyl (C=O) groups excluding carboxylic acids is 8. The number of hydrogen-bond acceptors (Lipinski definition) is 17. The second kappa shape index (κ2) is 31.9. The highest BCUT2D eigenvalue weighted by atomic mass is 16.6. The summed E-state index contributed by atoms with van der Waals surface area (Å²) in [6.45, 7) is 2.12. The number of fused-ring (bicyclic) bond motifs is 1.